The number of likely N-dealkylation sites (N-methyl/N-ethyl adjacent to an activating group) is 1. The molecule has 3 aromatic carbocycles. The van der Waals surface area contributed by atoms with E-state index in [-0.39, 0.29) is 22.8 Å². The number of aromatic amines is 1. The number of benzene rings is 3. The summed E-state index contributed by atoms with van der Waals surface area (Å²) in [5.74, 6) is 0.928. The van der Waals surface area contributed by atoms with Crippen LogP contribution in [0, 0.1) is 5.92 Å². The van der Waals surface area contributed by atoms with Crippen LogP contribution in [0.4, 0.5) is 10.5 Å². The summed E-state index contributed by atoms with van der Waals surface area (Å²) in [6.07, 6.45) is 8.36. The second-order valence-corrected chi connectivity index (χ2v) is 14.4. The molecule has 0 unspecified atom stereocenters. The highest BCUT2D eigenvalue weighted by molar-refractivity contribution is 7.16. The first-order chi connectivity index (χ1) is 23.4. The molecule has 1 aromatic heterocycles. The average molecular weight is 672 g/mol. The molecular weight excluding hydrogens is 623 g/mol. The topological polar surface area (TPSA) is 110 Å². The number of H-pyrrole nitrogens is 1. The second-order valence-electron chi connectivity index (χ2n) is 13.5. The fourth-order valence-corrected chi connectivity index (χ4v) is 8.06. The van der Waals surface area contributed by atoms with Crippen LogP contribution < -0.4 is 15.5 Å². The van der Waals surface area contributed by atoms with Crippen molar-refractivity contribution in [3.8, 4) is 16.9 Å². The average Bonchev–Trinajstić information content (AvgIpc) is 3.51. The van der Waals surface area contributed by atoms with Crippen molar-refractivity contribution in [2.75, 3.05) is 51.6 Å². The van der Waals surface area contributed by atoms with E-state index in [9.17, 15) is 14.7 Å². The Balaban J connectivity index is 0.826. The summed E-state index contributed by atoms with van der Waals surface area (Å²) in [7, 11) is 2.24. The first kappa shape index (κ1) is 34.2. The molecule has 4 aromatic rings. The number of thiazole rings is 1. The van der Waals surface area contributed by atoms with E-state index < -0.39 is 0 Å². The molecule has 0 bridgehead atoms. The van der Waals surface area contributed by atoms with Gasteiger partial charge in [0.05, 0.1) is 10.4 Å². The molecule has 1 saturated carbocycles. The van der Waals surface area contributed by atoms with Crippen LogP contribution in [0.1, 0.15) is 50.5 Å². The Hall–Kier alpha value is -3.70. The largest absolute Gasteiger partial charge is 0.506 e. The highest BCUT2D eigenvalue weighted by Crippen LogP contribution is 2.30. The lowest BCUT2D eigenvalue weighted by Crippen LogP contribution is -2.42. The number of carbonyl (C=O) groups excluding carboxylic acids is 1. The summed E-state index contributed by atoms with van der Waals surface area (Å²) < 4.78 is 6.69. The highest BCUT2D eigenvalue weighted by atomic mass is 32.1. The van der Waals surface area contributed by atoms with Gasteiger partial charge in [0.15, 0.2) is 0 Å². The monoisotopic (exact) mass is 671 g/mol. The fraction of sp³-hybridized carbons (Fsp3) is 0.474. The van der Waals surface area contributed by atoms with Crippen LogP contribution in [-0.4, -0.2) is 84.4 Å². The van der Waals surface area contributed by atoms with Gasteiger partial charge in [-0.05, 0) is 101 Å². The molecule has 0 radical (unpaired) electrons. The number of carbonyl (C=O) groups is 1. The van der Waals surface area contributed by atoms with Crippen molar-refractivity contribution in [1.29, 1.82) is 0 Å². The van der Waals surface area contributed by atoms with Crippen LogP contribution in [0.2, 0.25) is 0 Å². The molecule has 2 heterocycles. The molecule has 6 rings (SSSR count). The van der Waals surface area contributed by atoms with Crippen molar-refractivity contribution in [1.82, 2.24) is 20.1 Å². The van der Waals surface area contributed by atoms with Crippen molar-refractivity contribution >= 4 is 33.3 Å². The number of likely N-dealkylation sites (tertiary alicyclic amines) is 1. The summed E-state index contributed by atoms with van der Waals surface area (Å²) in [5.41, 5.74) is 4.48. The number of aromatic hydroxyl groups is 1. The minimum absolute atomic E-state index is 0.0528. The van der Waals surface area contributed by atoms with Crippen molar-refractivity contribution in [3.63, 3.8) is 0 Å². The summed E-state index contributed by atoms with van der Waals surface area (Å²) >= 11 is 1.18. The number of nitrogens with one attached hydrogen (secondary N) is 3. The van der Waals surface area contributed by atoms with Crippen molar-refractivity contribution in [3.05, 3.63) is 82.0 Å². The van der Waals surface area contributed by atoms with Crippen molar-refractivity contribution in [2.45, 2.75) is 63.5 Å². The van der Waals surface area contributed by atoms with Crippen LogP contribution in [-0.2, 0) is 11.2 Å². The maximum atomic E-state index is 12.8. The highest BCUT2D eigenvalue weighted by Gasteiger charge is 2.24. The predicted octanol–water partition coefficient (Wildman–Crippen LogP) is 6.69. The molecular formula is C38H49N5O4S. The summed E-state index contributed by atoms with van der Waals surface area (Å²) in [6, 6.07) is 22.1. The number of nitrogens with zero attached hydrogens (tertiary/aromatic N) is 2. The number of fused-ring (bicyclic) bond motifs is 1. The predicted molar refractivity (Wildman–Crippen MR) is 195 cm³/mol. The van der Waals surface area contributed by atoms with Crippen LogP contribution in [0.15, 0.2) is 71.5 Å². The van der Waals surface area contributed by atoms with Crippen LogP contribution >= 0.6 is 11.3 Å². The quantitative estimate of drug-likeness (QED) is 0.125. The number of piperidine rings is 1. The number of hydrogen-bond acceptors (Lipinski definition) is 8. The van der Waals surface area contributed by atoms with Gasteiger partial charge in [0.1, 0.15) is 17.4 Å². The summed E-state index contributed by atoms with van der Waals surface area (Å²) in [6.45, 7) is 6.01. The zero-order valence-corrected chi connectivity index (χ0v) is 28.8. The summed E-state index contributed by atoms with van der Waals surface area (Å²) in [4.78, 5) is 32.1. The van der Waals surface area contributed by atoms with Gasteiger partial charge in [-0.1, -0.05) is 65.9 Å². The number of para-hydroxylation sites is 1. The first-order valence-corrected chi connectivity index (χ1v) is 18.3. The van der Waals surface area contributed by atoms with E-state index in [0.717, 1.165) is 91.5 Å². The number of ether oxygens (including phenoxy) is 1. The third-order valence-corrected chi connectivity index (χ3v) is 11.0. The number of rotatable bonds is 13. The molecule has 10 heteroatoms. The minimum Gasteiger partial charge on any atom is -0.506 e. The number of phenols is 1. The number of phenolic OH excluding ortho intramolecular Hbond substituents is 1. The molecule has 0 atom stereocenters. The zero-order chi connectivity index (χ0) is 33.3. The van der Waals surface area contributed by atoms with Crippen LogP contribution in [0.5, 0.6) is 5.75 Å². The van der Waals surface area contributed by atoms with E-state index in [0.29, 0.717) is 11.6 Å². The first-order valence-electron chi connectivity index (χ1n) is 17.5. The molecule has 2 fully saturated rings. The van der Waals surface area contributed by atoms with E-state index >= 15 is 0 Å². The number of amides is 1. The Labute approximate surface area is 287 Å². The normalized spacial score (nSPS) is 19.1. The Bertz CT molecular complexity index is 1680. The van der Waals surface area contributed by atoms with E-state index in [4.69, 9.17) is 4.74 Å². The van der Waals surface area contributed by atoms with Crippen LogP contribution in [0.3, 0.4) is 0 Å². The van der Waals surface area contributed by atoms with Gasteiger partial charge >= 0.3 is 11.0 Å². The van der Waals surface area contributed by atoms with Gasteiger partial charge in [0.25, 0.3) is 0 Å². The molecule has 2 aliphatic rings. The van der Waals surface area contributed by atoms with Gasteiger partial charge in [-0.3, -0.25) is 10.1 Å². The fourth-order valence-electron chi connectivity index (χ4n) is 7.17. The lowest BCUT2D eigenvalue weighted by Gasteiger charge is -2.33. The van der Waals surface area contributed by atoms with Crippen molar-refractivity contribution < 1.29 is 14.6 Å². The van der Waals surface area contributed by atoms with E-state index in [1.807, 2.05) is 60.7 Å². The lowest BCUT2D eigenvalue weighted by molar-refractivity contribution is 0.0563. The Morgan fingerprint density at radius 1 is 0.979 bits per heavy atom. The van der Waals surface area contributed by atoms with Gasteiger partial charge < -0.3 is 29.9 Å². The molecule has 1 aliphatic heterocycles. The number of aromatic nitrogens is 1. The molecule has 4 N–H and O–H groups in total. The van der Waals surface area contributed by atoms with Crippen LogP contribution in [0.25, 0.3) is 21.3 Å². The molecule has 0 spiro atoms. The van der Waals surface area contributed by atoms with Gasteiger partial charge in [0, 0.05) is 37.8 Å². The van der Waals surface area contributed by atoms with Gasteiger partial charge in [-0.2, -0.15) is 0 Å². The molecule has 48 heavy (non-hydrogen) atoms. The molecule has 1 amide bonds. The smallest absolute Gasteiger partial charge is 0.411 e. The number of hydrogen-bond donors (Lipinski definition) is 4. The Kier molecular flexibility index (Phi) is 11.8. The second kappa shape index (κ2) is 16.6. The SMILES string of the molecule is CN(CCC1CCC(NCCc2ccc(O)c3[nH]c(=O)sc23)CC1)CCN1CCC(OC(=O)Nc2ccccc2-c2ccccc2)CC1. The maximum absolute atomic E-state index is 12.8. The van der Waals surface area contributed by atoms with Gasteiger partial charge in [-0.25, -0.2) is 4.79 Å². The zero-order valence-electron chi connectivity index (χ0n) is 28.0. The minimum atomic E-state index is -0.381. The Morgan fingerprint density at radius 2 is 1.73 bits per heavy atom. The summed E-state index contributed by atoms with van der Waals surface area (Å²) in [5, 5.41) is 16.7. The van der Waals surface area contributed by atoms with E-state index in [2.05, 4.69) is 32.5 Å². The third-order valence-electron chi connectivity index (χ3n) is 10.1. The maximum Gasteiger partial charge on any atom is 0.411 e. The number of anilines is 1. The molecule has 256 valence electrons. The molecule has 1 aliphatic carbocycles. The van der Waals surface area contributed by atoms with E-state index in [1.165, 1.54) is 43.4 Å². The Morgan fingerprint density at radius 3 is 2.52 bits per heavy atom. The van der Waals surface area contributed by atoms with Gasteiger partial charge in [0.2, 0.25) is 0 Å². The third kappa shape index (κ3) is 9.25. The molecule has 9 nitrogen and oxygen atoms in total. The van der Waals surface area contributed by atoms with E-state index in [1.54, 1.807) is 6.07 Å². The van der Waals surface area contributed by atoms with Crippen molar-refractivity contribution in [2.24, 2.45) is 5.92 Å². The standard InChI is InChI=1S/C38H49N5O4S/c1-42(22-18-27-11-14-30(15-12-27)39-21-17-29-13-16-34(44)35-36(29)48-38(46)41-35)25-26-43-23-19-31(20-24-43)47-37(45)40-33-10-6-5-9-32(33)28-7-3-2-4-8-28/h2-10,13,16,27,30-31,39,44H,11-12,14-15,17-26H2,1H3,(H,40,45)(H,41,46). The molecule has 1 saturated heterocycles. The lowest BCUT2D eigenvalue weighted by atomic mass is 9.84. The van der Waals surface area contributed by atoms with Gasteiger partial charge in [-0.15, -0.1) is 0 Å².